The predicted molar refractivity (Wildman–Crippen MR) is 106 cm³/mol. The third-order valence-electron chi connectivity index (χ3n) is 3.61. The standard InChI is InChI=1S/C18H13IN4O2S/c1-11-2-4-12(5-3-11)16-20-15(24-22-16)10-26-18-21-17(23-25-18)13-6-8-14(19)9-7-13/h2-9H,10H2,1H3. The summed E-state index contributed by atoms with van der Waals surface area (Å²) in [6.07, 6.45) is 0. The lowest BCUT2D eigenvalue weighted by Gasteiger charge is -1.94. The molecule has 26 heavy (non-hydrogen) atoms. The first-order valence-corrected chi connectivity index (χ1v) is 9.86. The second kappa shape index (κ2) is 7.58. The Morgan fingerprint density at radius 2 is 1.46 bits per heavy atom. The molecule has 0 atom stereocenters. The Balaban J connectivity index is 1.42. The monoisotopic (exact) mass is 476 g/mol. The first-order valence-electron chi connectivity index (χ1n) is 7.79. The zero-order chi connectivity index (χ0) is 17.9. The molecule has 130 valence electrons. The molecule has 0 aliphatic carbocycles. The Morgan fingerprint density at radius 3 is 2.19 bits per heavy atom. The van der Waals surface area contributed by atoms with Gasteiger partial charge in [-0.25, -0.2) is 0 Å². The van der Waals surface area contributed by atoms with Crippen molar-refractivity contribution in [3.8, 4) is 22.8 Å². The van der Waals surface area contributed by atoms with Crippen LogP contribution < -0.4 is 0 Å². The van der Waals surface area contributed by atoms with E-state index in [0.29, 0.717) is 28.5 Å². The van der Waals surface area contributed by atoms with E-state index in [2.05, 4.69) is 42.9 Å². The van der Waals surface area contributed by atoms with Crippen LogP contribution in [0.5, 0.6) is 0 Å². The molecule has 0 amide bonds. The maximum atomic E-state index is 5.30. The van der Waals surface area contributed by atoms with Gasteiger partial charge in [0.15, 0.2) is 0 Å². The largest absolute Gasteiger partial charge is 0.338 e. The summed E-state index contributed by atoms with van der Waals surface area (Å²) >= 11 is 3.62. The first-order chi connectivity index (χ1) is 12.7. The van der Waals surface area contributed by atoms with E-state index >= 15 is 0 Å². The molecule has 2 aromatic carbocycles. The van der Waals surface area contributed by atoms with Crippen molar-refractivity contribution in [2.45, 2.75) is 17.9 Å². The maximum Gasteiger partial charge on any atom is 0.286 e. The maximum absolute atomic E-state index is 5.30. The van der Waals surface area contributed by atoms with Gasteiger partial charge in [0.2, 0.25) is 17.5 Å². The van der Waals surface area contributed by atoms with E-state index in [9.17, 15) is 0 Å². The molecule has 2 aromatic heterocycles. The Hall–Kier alpha value is -2.20. The topological polar surface area (TPSA) is 77.8 Å². The Labute approximate surface area is 167 Å². The van der Waals surface area contributed by atoms with E-state index in [1.165, 1.54) is 17.3 Å². The van der Waals surface area contributed by atoms with E-state index in [1.54, 1.807) is 0 Å². The van der Waals surface area contributed by atoms with E-state index < -0.39 is 0 Å². The van der Waals surface area contributed by atoms with Gasteiger partial charge >= 0.3 is 0 Å². The van der Waals surface area contributed by atoms with Gasteiger partial charge in [-0.1, -0.05) is 64.0 Å². The van der Waals surface area contributed by atoms with Crippen molar-refractivity contribution < 1.29 is 9.05 Å². The smallest absolute Gasteiger partial charge is 0.286 e. The molecule has 0 spiro atoms. The number of nitrogens with zero attached hydrogens (tertiary/aromatic N) is 4. The fourth-order valence-corrected chi connectivity index (χ4v) is 3.21. The fourth-order valence-electron chi connectivity index (χ4n) is 2.24. The summed E-state index contributed by atoms with van der Waals surface area (Å²) in [4.78, 5) is 8.80. The van der Waals surface area contributed by atoms with Gasteiger partial charge in [0.1, 0.15) is 0 Å². The molecule has 0 saturated carbocycles. The molecule has 0 fully saturated rings. The quantitative estimate of drug-likeness (QED) is 0.297. The lowest BCUT2D eigenvalue weighted by atomic mass is 10.1. The van der Waals surface area contributed by atoms with Crippen LogP contribution in [0.2, 0.25) is 0 Å². The van der Waals surface area contributed by atoms with E-state index in [1.807, 2.05) is 55.5 Å². The number of rotatable bonds is 5. The Kier molecular flexibility index (Phi) is 5.02. The highest BCUT2D eigenvalue weighted by Gasteiger charge is 2.13. The number of thioether (sulfide) groups is 1. The minimum absolute atomic E-state index is 0.465. The summed E-state index contributed by atoms with van der Waals surface area (Å²) in [5.74, 6) is 2.12. The summed E-state index contributed by atoms with van der Waals surface area (Å²) in [6, 6.07) is 15.9. The van der Waals surface area contributed by atoms with Crippen LogP contribution in [0, 0.1) is 10.5 Å². The molecule has 2 heterocycles. The molecule has 0 aliphatic rings. The minimum atomic E-state index is 0.465. The Bertz CT molecular complexity index is 929. The highest BCUT2D eigenvalue weighted by atomic mass is 127. The molecular formula is C18H13IN4O2S. The van der Waals surface area contributed by atoms with Crippen molar-refractivity contribution in [1.29, 1.82) is 0 Å². The minimum Gasteiger partial charge on any atom is -0.338 e. The van der Waals surface area contributed by atoms with Crippen LogP contribution in [0.3, 0.4) is 0 Å². The van der Waals surface area contributed by atoms with Crippen molar-refractivity contribution in [2.24, 2.45) is 0 Å². The molecule has 6 nitrogen and oxygen atoms in total. The van der Waals surface area contributed by atoms with Crippen LogP contribution in [0.4, 0.5) is 0 Å². The average Bonchev–Trinajstić information content (AvgIpc) is 3.31. The number of aromatic nitrogens is 4. The van der Waals surface area contributed by atoms with Crippen molar-refractivity contribution in [3.63, 3.8) is 0 Å². The van der Waals surface area contributed by atoms with Crippen molar-refractivity contribution in [2.75, 3.05) is 0 Å². The summed E-state index contributed by atoms with van der Waals surface area (Å²) in [7, 11) is 0. The third-order valence-corrected chi connectivity index (χ3v) is 5.13. The SMILES string of the molecule is Cc1ccc(-c2noc(CSc3nc(-c4ccc(I)cc4)no3)n2)cc1. The lowest BCUT2D eigenvalue weighted by molar-refractivity contribution is 0.340. The Morgan fingerprint density at radius 1 is 0.846 bits per heavy atom. The summed E-state index contributed by atoms with van der Waals surface area (Å²) in [5, 5.41) is 8.50. The van der Waals surface area contributed by atoms with Crippen molar-refractivity contribution in [1.82, 2.24) is 20.3 Å². The number of hydrogen-bond donors (Lipinski definition) is 0. The molecule has 4 aromatic rings. The molecule has 0 aliphatic heterocycles. The van der Waals surface area contributed by atoms with Crippen molar-refractivity contribution >= 4 is 34.4 Å². The molecule has 0 saturated heterocycles. The summed E-state index contributed by atoms with van der Waals surface area (Å²) in [5.41, 5.74) is 3.03. The molecule has 4 rings (SSSR count). The van der Waals surface area contributed by atoms with Crippen LogP contribution in [-0.2, 0) is 5.75 Å². The third kappa shape index (κ3) is 3.96. The van der Waals surface area contributed by atoms with Gasteiger partial charge in [-0.05, 0) is 41.6 Å². The summed E-state index contributed by atoms with van der Waals surface area (Å²) < 4.78 is 11.7. The van der Waals surface area contributed by atoms with E-state index in [4.69, 9.17) is 9.05 Å². The molecule has 8 heteroatoms. The van der Waals surface area contributed by atoms with Gasteiger partial charge in [0, 0.05) is 14.7 Å². The second-order valence-corrected chi connectivity index (χ2v) is 7.73. The van der Waals surface area contributed by atoms with Gasteiger partial charge in [-0.2, -0.15) is 9.97 Å². The molecule has 0 unspecified atom stereocenters. The van der Waals surface area contributed by atoms with Crippen LogP contribution >= 0.6 is 34.4 Å². The number of aryl methyl sites for hydroxylation is 1. The number of hydrogen-bond acceptors (Lipinski definition) is 7. The average molecular weight is 476 g/mol. The predicted octanol–water partition coefficient (Wildman–Crippen LogP) is 4.99. The second-order valence-electron chi connectivity index (χ2n) is 5.56. The van der Waals surface area contributed by atoms with Gasteiger partial charge in [0.05, 0.1) is 5.75 Å². The van der Waals surface area contributed by atoms with Crippen molar-refractivity contribution in [3.05, 3.63) is 63.6 Å². The molecular weight excluding hydrogens is 463 g/mol. The number of benzene rings is 2. The van der Waals surface area contributed by atoms with E-state index in [0.717, 1.165) is 14.7 Å². The van der Waals surface area contributed by atoms with Crippen LogP contribution in [0.25, 0.3) is 22.8 Å². The first kappa shape index (κ1) is 17.2. The highest BCUT2D eigenvalue weighted by molar-refractivity contribution is 14.1. The summed E-state index contributed by atoms with van der Waals surface area (Å²) in [6.45, 7) is 2.04. The molecule has 0 bridgehead atoms. The number of halogens is 1. The fraction of sp³-hybridized carbons (Fsp3) is 0.111. The highest BCUT2D eigenvalue weighted by Crippen LogP contribution is 2.25. The van der Waals surface area contributed by atoms with Gasteiger partial charge < -0.3 is 9.05 Å². The van der Waals surface area contributed by atoms with Gasteiger partial charge in [-0.3, -0.25) is 0 Å². The van der Waals surface area contributed by atoms with Gasteiger partial charge in [-0.15, -0.1) is 0 Å². The van der Waals surface area contributed by atoms with Gasteiger partial charge in [0.25, 0.3) is 5.22 Å². The lowest BCUT2D eigenvalue weighted by Crippen LogP contribution is -1.84. The zero-order valence-corrected chi connectivity index (χ0v) is 16.7. The normalized spacial score (nSPS) is 11.0. The van der Waals surface area contributed by atoms with Crippen LogP contribution in [0.15, 0.2) is 62.8 Å². The van der Waals surface area contributed by atoms with Crippen LogP contribution in [0.1, 0.15) is 11.5 Å². The van der Waals surface area contributed by atoms with Crippen LogP contribution in [-0.4, -0.2) is 20.3 Å². The zero-order valence-electron chi connectivity index (χ0n) is 13.7. The molecule has 0 radical (unpaired) electrons. The van der Waals surface area contributed by atoms with E-state index in [-0.39, 0.29) is 0 Å². The molecule has 0 N–H and O–H groups in total.